The first-order valence-electron chi connectivity index (χ1n) is 9.15. The van der Waals surface area contributed by atoms with Gasteiger partial charge in [0, 0.05) is 38.6 Å². The number of aliphatic hydroxyl groups excluding tert-OH is 1. The van der Waals surface area contributed by atoms with Crippen molar-refractivity contribution < 1.29 is 9.90 Å². The Hall–Kier alpha value is -2.77. The van der Waals surface area contributed by atoms with Crippen LogP contribution in [-0.2, 0) is 13.0 Å². The second-order valence-corrected chi connectivity index (χ2v) is 7.04. The molecule has 0 aliphatic carbocycles. The number of aromatic nitrogens is 3. The second-order valence-electron chi connectivity index (χ2n) is 7.04. The lowest BCUT2D eigenvalue weighted by Crippen LogP contribution is -2.42. The Bertz CT molecular complexity index is 968. The van der Waals surface area contributed by atoms with Gasteiger partial charge in [0.15, 0.2) is 5.65 Å². The van der Waals surface area contributed by atoms with Gasteiger partial charge in [-0.05, 0) is 24.5 Å². The average Bonchev–Trinajstić information content (AvgIpc) is 3.09. The third-order valence-corrected chi connectivity index (χ3v) is 4.88. The van der Waals surface area contributed by atoms with E-state index in [2.05, 4.69) is 38.4 Å². The maximum Gasteiger partial charge on any atom is 0.271 e. The fourth-order valence-corrected chi connectivity index (χ4v) is 3.48. The zero-order valence-electron chi connectivity index (χ0n) is 15.3. The average molecular weight is 365 g/mol. The molecule has 0 fully saturated rings. The van der Waals surface area contributed by atoms with Crippen molar-refractivity contribution >= 4 is 11.6 Å². The van der Waals surface area contributed by atoms with Crippen LogP contribution in [0.1, 0.15) is 27.3 Å². The smallest absolute Gasteiger partial charge is 0.271 e. The molecule has 7 nitrogen and oxygen atoms in total. The van der Waals surface area contributed by atoms with Gasteiger partial charge >= 0.3 is 0 Å². The molecule has 1 amide bonds. The molecule has 1 aliphatic rings. The number of β-amino-alcohol motifs (C(OH)–C–C–N with tert-alkyl or cyclic N) is 1. The van der Waals surface area contributed by atoms with Gasteiger partial charge in [-0.3, -0.25) is 14.7 Å². The minimum atomic E-state index is -0.625. The summed E-state index contributed by atoms with van der Waals surface area (Å²) in [6.07, 6.45) is 5.49. The Balaban J connectivity index is 1.31. The van der Waals surface area contributed by atoms with E-state index >= 15 is 0 Å². The summed E-state index contributed by atoms with van der Waals surface area (Å²) in [6.45, 7) is 4.36. The predicted octanol–water partition coefficient (Wildman–Crippen LogP) is 1.19. The van der Waals surface area contributed by atoms with Crippen molar-refractivity contribution in [1.82, 2.24) is 24.6 Å². The Morgan fingerprint density at radius 3 is 2.96 bits per heavy atom. The molecular formula is C20H23N5O2. The van der Waals surface area contributed by atoms with Crippen LogP contribution in [0.25, 0.3) is 5.65 Å². The number of amides is 1. The number of nitrogens with one attached hydrogen (secondary N) is 1. The SMILES string of the molecule is Cc1cn2cc(C(=O)NCC(O)CN3CCc4ccccc4C3)nc2cn1. The maximum atomic E-state index is 12.3. The van der Waals surface area contributed by atoms with Gasteiger partial charge in [-0.2, -0.15) is 0 Å². The molecular weight excluding hydrogens is 342 g/mol. The number of carbonyl (C=O) groups excluding carboxylic acids is 1. The fourth-order valence-electron chi connectivity index (χ4n) is 3.48. The molecule has 1 aromatic carbocycles. The molecule has 0 saturated heterocycles. The zero-order valence-corrected chi connectivity index (χ0v) is 15.3. The first kappa shape index (κ1) is 17.6. The van der Waals surface area contributed by atoms with Crippen molar-refractivity contribution in [2.24, 2.45) is 0 Å². The summed E-state index contributed by atoms with van der Waals surface area (Å²) in [5.41, 5.74) is 4.49. The first-order chi connectivity index (χ1) is 13.1. The third kappa shape index (κ3) is 3.99. The number of hydrogen-bond donors (Lipinski definition) is 2. The standard InChI is InChI=1S/C20H23N5O2/c1-14-10-25-13-18(23-19(25)9-21-14)20(27)22-8-17(26)12-24-7-6-15-4-2-3-5-16(15)11-24/h2-5,9-10,13,17,26H,6-8,11-12H2,1H3,(H,22,27). The van der Waals surface area contributed by atoms with Crippen molar-refractivity contribution in [3.63, 3.8) is 0 Å². The largest absolute Gasteiger partial charge is 0.390 e. The normalized spacial score (nSPS) is 15.5. The van der Waals surface area contributed by atoms with Crippen LogP contribution >= 0.6 is 0 Å². The Morgan fingerprint density at radius 2 is 2.11 bits per heavy atom. The van der Waals surface area contributed by atoms with Gasteiger partial charge in [0.1, 0.15) is 5.69 Å². The molecule has 140 valence electrons. The molecule has 3 heterocycles. The van der Waals surface area contributed by atoms with E-state index in [1.54, 1.807) is 16.8 Å². The molecule has 0 saturated carbocycles. The zero-order chi connectivity index (χ0) is 18.8. The van der Waals surface area contributed by atoms with Gasteiger partial charge in [0.25, 0.3) is 5.91 Å². The Kier molecular flexibility index (Phi) is 4.87. The lowest BCUT2D eigenvalue weighted by Gasteiger charge is -2.30. The first-order valence-corrected chi connectivity index (χ1v) is 9.15. The summed E-state index contributed by atoms with van der Waals surface area (Å²) in [4.78, 5) is 23.0. The van der Waals surface area contributed by atoms with Gasteiger partial charge in [0.2, 0.25) is 0 Å². The lowest BCUT2D eigenvalue weighted by molar-refractivity contribution is 0.0838. The van der Waals surface area contributed by atoms with Crippen LogP contribution in [0.15, 0.2) is 42.9 Å². The lowest BCUT2D eigenvalue weighted by atomic mass is 10.00. The number of rotatable bonds is 5. The summed E-state index contributed by atoms with van der Waals surface area (Å²) in [6, 6.07) is 8.41. The van der Waals surface area contributed by atoms with Crippen molar-refractivity contribution in [3.8, 4) is 0 Å². The van der Waals surface area contributed by atoms with Crippen LogP contribution in [0, 0.1) is 6.92 Å². The summed E-state index contributed by atoms with van der Waals surface area (Å²) in [7, 11) is 0. The van der Waals surface area contributed by atoms with Crippen molar-refractivity contribution in [2.45, 2.75) is 26.0 Å². The molecule has 1 unspecified atom stereocenters. The summed E-state index contributed by atoms with van der Waals surface area (Å²) in [5, 5.41) is 13.1. The monoisotopic (exact) mass is 365 g/mol. The van der Waals surface area contributed by atoms with E-state index in [1.807, 2.05) is 19.2 Å². The number of fused-ring (bicyclic) bond motifs is 2. The minimum absolute atomic E-state index is 0.197. The van der Waals surface area contributed by atoms with Crippen LogP contribution in [0.5, 0.6) is 0 Å². The Morgan fingerprint density at radius 1 is 1.30 bits per heavy atom. The van der Waals surface area contributed by atoms with Gasteiger partial charge < -0.3 is 14.8 Å². The van der Waals surface area contributed by atoms with E-state index in [0.717, 1.165) is 25.2 Å². The number of benzene rings is 1. The molecule has 4 rings (SSSR count). The van der Waals surface area contributed by atoms with Crippen LogP contribution in [0.2, 0.25) is 0 Å². The molecule has 1 atom stereocenters. The van der Waals surface area contributed by atoms with Gasteiger partial charge in [0.05, 0.1) is 18.0 Å². The fraction of sp³-hybridized carbons (Fsp3) is 0.350. The highest BCUT2D eigenvalue weighted by atomic mass is 16.3. The molecule has 3 aromatic rings. The molecule has 7 heteroatoms. The number of hydrogen-bond acceptors (Lipinski definition) is 5. The molecule has 2 aromatic heterocycles. The molecule has 0 radical (unpaired) electrons. The number of nitrogens with zero attached hydrogens (tertiary/aromatic N) is 4. The van der Waals surface area contributed by atoms with Crippen LogP contribution in [0.3, 0.4) is 0 Å². The van der Waals surface area contributed by atoms with Gasteiger partial charge in [-0.1, -0.05) is 24.3 Å². The van der Waals surface area contributed by atoms with E-state index in [0.29, 0.717) is 17.9 Å². The van der Waals surface area contributed by atoms with Crippen LogP contribution in [0.4, 0.5) is 0 Å². The number of aryl methyl sites for hydroxylation is 1. The van der Waals surface area contributed by atoms with E-state index in [1.165, 1.54) is 11.1 Å². The molecule has 2 N–H and O–H groups in total. The second kappa shape index (κ2) is 7.46. The van der Waals surface area contributed by atoms with Crippen molar-refractivity contribution in [1.29, 1.82) is 0 Å². The molecule has 27 heavy (non-hydrogen) atoms. The number of imidazole rings is 1. The van der Waals surface area contributed by atoms with E-state index in [4.69, 9.17) is 0 Å². The highest BCUT2D eigenvalue weighted by molar-refractivity contribution is 5.92. The maximum absolute atomic E-state index is 12.3. The van der Waals surface area contributed by atoms with Gasteiger partial charge in [-0.15, -0.1) is 0 Å². The topological polar surface area (TPSA) is 82.8 Å². The highest BCUT2D eigenvalue weighted by Crippen LogP contribution is 2.18. The van der Waals surface area contributed by atoms with Crippen LogP contribution in [-0.4, -0.2) is 56.0 Å². The quantitative estimate of drug-likeness (QED) is 0.710. The molecule has 0 spiro atoms. The summed E-state index contributed by atoms with van der Waals surface area (Å²) < 4.78 is 1.78. The molecule has 1 aliphatic heterocycles. The Labute approximate surface area is 157 Å². The van der Waals surface area contributed by atoms with E-state index in [-0.39, 0.29) is 12.5 Å². The van der Waals surface area contributed by atoms with Crippen molar-refractivity contribution in [3.05, 3.63) is 65.4 Å². The van der Waals surface area contributed by atoms with E-state index < -0.39 is 6.10 Å². The van der Waals surface area contributed by atoms with E-state index in [9.17, 15) is 9.90 Å². The molecule has 0 bridgehead atoms. The minimum Gasteiger partial charge on any atom is -0.390 e. The summed E-state index contributed by atoms with van der Waals surface area (Å²) in [5.74, 6) is -0.292. The summed E-state index contributed by atoms with van der Waals surface area (Å²) >= 11 is 0. The third-order valence-electron chi connectivity index (χ3n) is 4.88. The highest BCUT2D eigenvalue weighted by Gasteiger charge is 2.19. The number of carbonyl (C=O) groups is 1. The van der Waals surface area contributed by atoms with Gasteiger partial charge in [-0.25, -0.2) is 4.98 Å². The van der Waals surface area contributed by atoms with Crippen molar-refractivity contribution in [2.75, 3.05) is 19.6 Å². The number of aliphatic hydroxyl groups is 1. The van der Waals surface area contributed by atoms with Crippen LogP contribution < -0.4 is 5.32 Å². The predicted molar refractivity (Wildman–Crippen MR) is 101 cm³/mol.